The number of rotatable bonds is 8. The maximum absolute atomic E-state index is 13.2. The molecule has 0 spiro atoms. The Morgan fingerprint density at radius 1 is 1.14 bits per heavy atom. The summed E-state index contributed by atoms with van der Waals surface area (Å²) in [6.07, 6.45) is 0.906. The molecule has 0 fully saturated rings. The molecule has 2 atom stereocenters. The number of hydrogen-bond donors (Lipinski definition) is 1. The zero-order chi connectivity index (χ0) is 21.6. The molecule has 0 radical (unpaired) electrons. The molecule has 0 heterocycles. The van der Waals surface area contributed by atoms with Crippen molar-refractivity contribution in [2.75, 3.05) is 0 Å². The van der Waals surface area contributed by atoms with Gasteiger partial charge in [0.15, 0.2) is 0 Å². The first-order valence-electron chi connectivity index (χ1n) is 9.49. The highest BCUT2D eigenvalue weighted by Gasteiger charge is 2.27. The third-order valence-corrected chi connectivity index (χ3v) is 5.85. The van der Waals surface area contributed by atoms with Gasteiger partial charge in [-0.2, -0.15) is 0 Å². The molecule has 7 heteroatoms. The zero-order valence-corrected chi connectivity index (χ0v) is 19.8. The molecule has 2 rings (SSSR count). The minimum absolute atomic E-state index is 0.0403. The van der Waals surface area contributed by atoms with Gasteiger partial charge in [0.25, 0.3) is 0 Å². The van der Waals surface area contributed by atoms with Gasteiger partial charge in [0.05, 0.1) is 6.42 Å². The van der Waals surface area contributed by atoms with E-state index in [0.29, 0.717) is 22.2 Å². The highest BCUT2D eigenvalue weighted by molar-refractivity contribution is 9.10. The Kier molecular flexibility index (Phi) is 9.00. The Bertz CT molecular complexity index is 876. The number of amides is 2. The molecular weight excluding hydrogens is 475 g/mol. The molecule has 2 aromatic rings. The Morgan fingerprint density at radius 2 is 1.86 bits per heavy atom. The van der Waals surface area contributed by atoms with Gasteiger partial charge in [0.2, 0.25) is 11.8 Å². The standard InChI is InChI=1S/C22H25BrCl2N2O2/c1-4-14(2)26-22(29)15(3)27(13-16-6-5-7-18(23)10-16)21(28)11-17-8-9-19(24)12-20(17)25/h5-10,12,14-15H,4,11,13H2,1-3H3,(H,26,29)/t14-,15-/m0/s1. The molecule has 2 aromatic carbocycles. The molecule has 0 aliphatic heterocycles. The molecule has 0 aliphatic carbocycles. The van der Waals surface area contributed by atoms with E-state index in [1.165, 1.54) is 0 Å². The van der Waals surface area contributed by atoms with Crippen LogP contribution in [0.2, 0.25) is 10.0 Å². The van der Waals surface area contributed by atoms with E-state index >= 15 is 0 Å². The summed E-state index contributed by atoms with van der Waals surface area (Å²) < 4.78 is 0.917. The summed E-state index contributed by atoms with van der Waals surface area (Å²) in [5.41, 5.74) is 1.60. The summed E-state index contributed by atoms with van der Waals surface area (Å²) in [6, 6.07) is 12.2. The van der Waals surface area contributed by atoms with Gasteiger partial charge in [-0.25, -0.2) is 0 Å². The molecule has 2 amide bonds. The number of benzene rings is 2. The van der Waals surface area contributed by atoms with Gasteiger partial charge in [-0.15, -0.1) is 0 Å². The van der Waals surface area contributed by atoms with Crippen LogP contribution in [0.1, 0.15) is 38.3 Å². The quantitative estimate of drug-likeness (QED) is 0.511. The molecule has 0 bridgehead atoms. The van der Waals surface area contributed by atoms with Crippen LogP contribution in [0.15, 0.2) is 46.9 Å². The lowest BCUT2D eigenvalue weighted by Crippen LogP contribution is -2.49. The summed E-state index contributed by atoms with van der Waals surface area (Å²) in [5, 5.41) is 3.91. The third kappa shape index (κ3) is 7.02. The minimum Gasteiger partial charge on any atom is -0.352 e. The van der Waals surface area contributed by atoms with Crippen molar-refractivity contribution in [2.24, 2.45) is 0 Å². The predicted octanol–water partition coefficient (Wildman–Crippen LogP) is 5.63. The molecule has 0 saturated carbocycles. The van der Waals surface area contributed by atoms with Crippen LogP contribution in [0.3, 0.4) is 0 Å². The average Bonchev–Trinajstić information content (AvgIpc) is 2.67. The second kappa shape index (κ2) is 11.0. The van der Waals surface area contributed by atoms with Crippen molar-refractivity contribution in [1.82, 2.24) is 10.2 Å². The van der Waals surface area contributed by atoms with Crippen molar-refractivity contribution >= 4 is 50.9 Å². The SMILES string of the molecule is CC[C@H](C)NC(=O)[C@H](C)N(Cc1cccc(Br)c1)C(=O)Cc1ccc(Cl)cc1Cl. The van der Waals surface area contributed by atoms with Gasteiger partial charge in [0, 0.05) is 27.1 Å². The van der Waals surface area contributed by atoms with Crippen LogP contribution in [0.25, 0.3) is 0 Å². The summed E-state index contributed by atoms with van der Waals surface area (Å²) in [5.74, 6) is -0.356. The minimum atomic E-state index is -0.624. The van der Waals surface area contributed by atoms with Crippen molar-refractivity contribution in [1.29, 1.82) is 0 Å². The number of carbonyl (C=O) groups excluding carboxylic acids is 2. The van der Waals surface area contributed by atoms with Crippen LogP contribution in [0, 0.1) is 0 Å². The van der Waals surface area contributed by atoms with Gasteiger partial charge in [-0.05, 0) is 55.7 Å². The number of nitrogens with one attached hydrogen (secondary N) is 1. The molecule has 29 heavy (non-hydrogen) atoms. The van der Waals surface area contributed by atoms with Crippen LogP contribution in [0.5, 0.6) is 0 Å². The first kappa shape index (κ1) is 23.7. The Hall–Kier alpha value is -1.56. The molecule has 0 aromatic heterocycles. The lowest BCUT2D eigenvalue weighted by atomic mass is 10.1. The monoisotopic (exact) mass is 498 g/mol. The second-order valence-electron chi connectivity index (χ2n) is 7.06. The fourth-order valence-corrected chi connectivity index (χ4v) is 3.73. The first-order valence-corrected chi connectivity index (χ1v) is 11.0. The maximum Gasteiger partial charge on any atom is 0.242 e. The van der Waals surface area contributed by atoms with Crippen molar-refractivity contribution in [3.8, 4) is 0 Å². The van der Waals surface area contributed by atoms with E-state index in [9.17, 15) is 9.59 Å². The number of halogens is 3. The van der Waals surface area contributed by atoms with E-state index in [1.807, 2.05) is 38.1 Å². The van der Waals surface area contributed by atoms with Crippen LogP contribution in [-0.4, -0.2) is 28.8 Å². The van der Waals surface area contributed by atoms with E-state index in [1.54, 1.807) is 30.0 Å². The van der Waals surface area contributed by atoms with Crippen LogP contribution in [-0.2, 0) is 22.6 Å². The van der Waals surface area contributed by atoms with Gasteiger partial charge in [-0.3, -0.25) is 9.59 Å². The van der Waals surface area contributed by atoms with Crippen LogP contribution >= 0.6 is 39.1 Å². The third-order valence-electron chi connectivity index (χ3n) is 4.77. The highest BCUT2D eigenvalue weighted by atomic mass is 79.9. The fourth-order valence-electron chi connectivity index (χ4n) is 2.81. The summed E-state index contributed by atoms with van der Waals surface area (Å²) in [4.78, 5) is 27.5. The molecular formula is C22H25BrCl2N2O2. The number of carbonyl (C=O) groups is 2. The molecule has 0 saturated heterocycles. The Labute approximate surface area is 190 Å². The van der Waals surface area contributed by atoms with Crippen LogP contribution < -0.4 is 5.32 Å². The maximum atomic E-state index is 13.2. The predicted molar refractivity (Wildman–Crippen MR) is 122 cm³/mol. The van der Waals surface area contributed by atoms with E-state index in [4.69, 9.17) is 23.2 Å². The lowest BCUT2D eigenvalue weighted by molar-refractivity contribution is -0.140. The average molecular weight is 500 g/mol. The van der Waals surface area contributed by atoms with Gasteiger partial charge >= 0.3 is 0 Å². The lowest BCUT2D eigenvalue weighted by Gasteiger charge is -2.30. The summed E-state index contributed by atoms with van der Waals surface area (Å²) in [7, 11) is 0. The first-order chi connectivity index (χ1) is 13.7. The molecule has 156 valence electrons. The molecule has 4 nitrogen and oxygen atoms in total. The smallest absolute Gasteiger partial charge is 0.242 e. The zero-order valence-electron chi connectivity index (χ0n) is 16.7. The molecule has 1 N–H and O–H groups in total. The second-order valence-corrected chi connectivity index (χ2v) is 8.82. The number of hydrogen-bond acceptors (Lipinski definition) is 2. The van der Waals surface area contributed by atoms with E-state index in [0.717, 1.165) is 16.5 Å². The molecule has 0 aliphatic rings. The van der Waals surface area contributed by atoms with Crippen molar-refractivity contribution < 1.29 is 9.59 Å². The topological polar surface area (TPSA) is 49.4 Å². The summed E-state index contributed by atoms with van der Waals surface area (Å²) in [6.45, 7) is 6.01. The summed E-state index contributed by atoms with van der Waals surface area (Å²) >= 11 is 15.7. The highest BCUT2D eigenvalue weighted by Crippen LogP contribution is 2.23. The van der Waals surface area contributed by atoms with Crippen molar-refractivity contribution in [3.63, 3.8) is 0 Å². The van der Waals surface area contributed by atoms with Gasteiger partial charge < -0.3 is 10.2 Å². The van der Waals surface area contributed by atoms with E-state index in [-0.39, 0.29) is 24.3 Å². The number of nitrogens with zero attached hydrogens (tertiary/aromatic N) is 1. The van der Waals surface area contributed by atoms with Crippen molar-refractivity contribution in [2.45, 2.75) is 52.2 Å². The Morgan fingerprint density at radius 3 is 2.48 bits per heavy atom. The molecule has 0 unspecified atom stereocenters. The van der Waals surface area contributed by atoms with Gasteiger partial charge in [-0.1, -0.05) is 64.3 Å². The normalized spacial score (nSPS) is 12.9. The Balaban J connectivity index is 2.26. The fraction of sp³-hybridized carbons (Fsp3) is 0.364. The van der Waals surface area contributed by atoms with Gasteiger partial charge in [0.1, 0.15) is 6.04 Å². The van der Waals surface area contributed by atoms with Crippen LogP contribution in [0.4, 0.5) is 0 Å². The van der Waals surface area contributed by atoms with E-state index < -0.39 is 6.04 Å². The van der Waals surface area contributed by atoms with Crippen molar-refractivity contribution in [3.05, 3.63) is 68.1 Å². The van der Waals surface area contributed by atoms with E-state index in [2.05, 4.69) is 21.2 Å². The largest absolute Gasteiger partial charge is 0.352 e.